The highest BCUT2D eigenvalue weighted by atomic mass is 16.4. The Morgan fingerprint density at radius 3 is 2.53 bits per heavy atom. The largest absolute Gasteiger partial charge is 0.480 e. The molecule has 0 aromatic carbocycles. The summed E-state index contributed by atoms with van der Waals surface area (Å²) in [5.74, 6) is 0.706. The first-order valence-corrected chi connectivity index (χ1v) is 8.06. The molecule has 1 aliphatic heterocycles. The van der Waals surface area contributed by atoms with Crippen molar-refractivity contribution in [2.24, 2.45) is 11.8 Å². The third-order valence-electron chi connectivity index (χ3n) is 5.65. The second kappa shape index (κ2) is 6.25. The lowest BCUT2D eigenvalue weighted by Crippen LogP contribution is -2.59. The number of piperidine rings is 1. The SMILES string of the molecule is CCC(C)C(C)N1C(C(=O)O)CCC2CCCCC21. The Kier molecular flexibility index (Phi) is 4.88. The number of hydrogen-bond acceptors (Lipinski definition) is 2. The maximum absolute atomic E-state index is 11.6. The second-order valence-electron chi connectivity index (χ2n) is 6.62. The van der Waals surface area contributed by atoms with Gasteiger partial charge in [-0.3, -0.25) is 9.69 Å². The number of nitrogens with zero attached hydrogens (tertiary/aromatic N) is 1. The molecule has 0 radical (unpaired) electrons. The minimum atomic E-state index is -0.612. The first-order chi connectivity index (χ1) is 9.06. The maximum Gasteiger partial charge on any atom is 0.320 e. The van der Waals surface area contributed by atoms with Crippen LogP contribution >= 0.6 is 0 Å². The predicted molar refractivity (Wildman–Crippen MR) is 77.2 cm³/mol. The standard InChI is InChI=1S/C16H29NO2/c1-4-11(2)12(3)17-14-8-6-5-7-13(14)9-10-15(17)16(18)19/h11-15H,4-10H2,1-3H3,(H,18,19). The fraction of sp³-hybridized carbons (Fsp3) is 0.938. The number of carbonyl (C=O) groups is 1. The molecule has 2 aliphatic rings. The Labute approximate surface area is 117 Å². The molecular weight excluding hydrogens is 238 g/mol. The highest BCUT2D eigenvalue weighted by molar-refractivity contribution is 5.73. The summed E-state index contributed by atoms with van der Waals surface area (Å²) >= 11 is 0. The van der Waals surface area contributed by atoms with Gasteiger partial charge in [-0.2, -0.15) is 0 Å². The van der Waals surface area contributed by atoms with Crippen LogP contribution in [0.15, 0.2) is 0 Å². The van der Waals surface area contributed by atoms with Crippen LogP contribution in [0.5, 0.6) is 0 Å². The number of carboxylic acids is 1. The van der Waals surface area contributed by atoms with Crippen LogP contribution < -0.4 is 0 Å². The minimum absolute atomic E-state index is 0.247. The first kappa shape index (κ1) is 14.8. The molecule has 5 unspecified atom stereocenters. The van der Waals surface area contributed by atoms with E-state index in [0.29, 0.717) is 18.0 Å². The topological polar surface area (TPSA) is 40.5 Å². The second-order valence-corrected chi connectivity index (χ2v) is 6.62. The van der Waals surface area contributed by atoms with Crippen molar-refractivity contribution in [1.29, 1.82) is 0 Å². The van der Waals surface area contributed by atoms with E-state index in [1.165, 1.54) is 25.7 Å². The van der Waals surface area contributed by atoms with E-state index < -0.39 is 5.97 Å². The van der Waals surface area contributed by atoms with Gasteiger partial charge in [-0.15, -0.1) is 0 Å². The highest BCUT2D eigenvalue weighted by Crippen LogP contribution is 2.40. The summed E-state index contributed by atoms with van der Waals surface area (Å²) in [6, 6.07) is 0.660. The van der Waals surface area contributed by atoms with E-state index in [-0.39, 0.29) is 6.04 Å². The Morgan fingerprint density at radius 1 is 1.21 bits per heavy atom. The lowest BCUT2D eigenvalue weighted by molar-refractivity contribution is -0.151. The van der Waals surface area contributed by atoms with E-state index in [1.54, 1.807) is 0 Å². The molecule has 2 rings (SSSR count). The van der Waals surface area contributed by atoms with E-state index in [4.69, 9.17) is 0 Å². The van der Waals surface area contributed by atoms with Crippen LogP contribution in [-0.4, -0.2) is 34.1 Å². The molecule has 1 saturated carbocycles. The van der Waals surface area contributed by atoms with Crippen molar-refractivity contribution < 1.29 is 9.90 Å². The number of carboxylic acid groups (broad SMARTS) is 1. The van der Waals surface area contributed by atoms with Crippen LogP contribution in [0.2, 0.25) is 0 Å². The van der Waals surface area contributed by atoms with Gasteiger partial charge in [0.05, 0.1) is 0 Å². The average molecular weight is 267 g/mol. The smallest absolute Gasteiger partial charge is 0.320 e. The van der Waals surface area contributed by atoms with E-state index in [0.717, 1.165) is 25.2 Å². The number of aliphatic carboxylic acids is 1. The van der Waals surface area contributed by atoms with Gasteiger partial charge in [0.15, 0.2) is 0 Å². The zero-order chi connectivity index (χ0) is 14.0. The fourth-order valence-corrected chi connectivity index (χ4v) is 4.14. The van der Waals surface area contributed by atoms with Gasteiger partial charge in [0.25, 0.3) is 0 Å². The highest BCUT2D eigenvalue weighted by Gasteiger charge is 2.43. The van der Waals surface area contributed by atoms with Crippen LogP contribution in [0.4, 0.5) is 0 Å². The molecule has 0 spiro atoms. The van der Waals surface area contributed by atoms with Gasteiger partial charge in [0.1, 0.15) is 6.04 Å². The monoisotopic (exact) mass is 267 g/mol. The lowest BCUT2D eigenvalue weighted by Gasteiger charge is -2.51. The molecule has 5 atom stereocenters. The first-order valence-electron chi connectivity index (χ1n) is 8.06. The Balaban J connectivity index is 2.21. The van der Waals surface area contributed by atoms with Gasteiger partial charge < -0.3 is 5.11 Å². The molecule has 3 heteroatoms. The number of rotatable bonds is 4. The molecule has 1 aliphatic carbocycles. The summed E-state index contributed by atoms with van der Waals surface area (Å²) in [5.41, 5.74) is 0. The summed E-state index contributed by atoms with van der Waals surface area (Å²) in [5, 5.41) is 9.56. The normalized spacial score (nSPS) is 35.4. The quantitative estimate of drug-likeness (QED) is 0.847. The molecule has 0 aromatic heterocycles. The van der Waals surface area contributed by atoms with Gasteiger partial charge in [0, 0.05) is 12.1 Å². The molecule has 19 heavy (non-hydrogen) atoms. The van der Waals surface area contributed by atoms with Crippen molar-refractivity contribution in [2.45, 2.75) is 83.8 Å². The molecule has 0 bridgehead atoms. The Morgan fingerprint density at radius 2 is 1.89 bits per heavy atom. The molecule has 110 valence electrons. The van der Waals surface area contributed by atoms with Gasteiger partial charge in [-0.25, -0.2) is 0 Å². The van der Waals surface area contributed by atoms with Crippen LogP contribution in [0, 0.1) is 11.8 Å². The van der Waals surface area contributed by atoms with Crippen LogP contribution in [0.3, 0.4) is 0 Å². The molecule has 0 aromatic rings. The minimum Gasteiger partial charge on any atom is -0.480 e. The van der Waals surface area contributed by atoms with Crippen molar-refractivity contribution in [3.63, 3.8) is 0 Å². The van der Waals surface area contributed by atoms with E-state index in [9.17, 15) is 9.90 Å². The molecular formula is C16H29NO2. The van der Waals surface area contributed by atoms with Crippen LogP contribution in [-0.2, 0) is 4.79 Å². The van der Waals surface area contributed by atoms with E-state index in [2.05, 4.69) is 25.7 Å². The van der Waals surface area contributed by atoms with Crippen molar-refractivity contribution in [3.05, 3.63) is 0 Å². The zero-order valence-corrected chi connectivity index (χ0v) is 12.6. The Hall–Kier alpha value is -0.570. The Bertz CT molecular complexity index is 318. The number of likely N-dealkylation sites (tertiary alicyclic amines) is 1. The van der Waals surface area contributed by atoms with Gasteiger partial charge in [0.2, 0.25) is 0 Å². The third kappa shape index (κ3) is 2.96. The van der Waals surface area contributed by atoms with Crippen molar-refractivity contribution in [3.8, 4) is 0 Å². The van der Waals surface area contributed by atoms with Gasteiger partial charge in [-0.05, 0) is 44.4 Å². The molecule has 1 N–H and O–H groups in total. The van der Waals surface area contributed by atoms with Crippen molar-refractivity contribution >= 4 is 5.97 Å². The summed E-state index contributed by atoms with van der Waals surface area (Å²) in [6.07, 6.45) is 8.21. The van der Waals surface area contributed by atoms with Crippen LogP contribution in [0.25, 0.3) is 0 Å². The van der Waals surface area contributed by atoms with Crippen LogP contribution in [0.1, 0.15) is 65.7 Å². The van der Waals surface area contributed by atoms with Crippen molar-refractivity contribution in [2.75, 3.05) is 0 Å². The molecule has 1 saturated heterocycles. The predicted octanol–water partition coefficient (Wildman–Crippen LogP) is 3.53. The summed E-state index contributed by atoms with van der Waals surface area (Å²) < 4.78 is 0. The molecule has 0 amide bonds. The summed E-state index contributed by atoms with van der Waals surface area (Å²) in [6.45, 7) is 6.70. The zero-order valence-electron chi connectivity index (χ0n) is 12.6. The van der Waals surface area contributed by atoms with Gasteiger partial charge in [-0.1, -0.05) is 33.1 Å². The lowest BCUT2D eigenvalue weighted by atomic mass is 9.75. The van der Waals surface area contributed by atoms with E-state index >= 15 is 0 Å². The third-order valence-corrected chi connectivity index (χ3v) is 5.65. The summed E-state index contributed by atoms with van der Waals surface area (Å²) in [4.78, 5) is 14.0. The van der Waals surface area contributed by atoms with E-state index in [1.807, 2.05) is 0 Å². The maximum atomic E-state index is 11.6. The molecule has 1 heterocycles. The number of fused-ring (bicyclic) bond motifs is 1. The molecule has 3 nitrogen and oxygen atoms in total. The summed E-state index contributed by atoms with van der Waals surface area (Å²) in [7, 11) is 0. The fourth-order valence-electron chi connectivity index (χ4n) is 4.14. The van der Waals surface area contributed by atoms with Gasteiger partial charge >= 0.3 is 5.97 Å². The molecule has 2 fully saturated rings. The van der Waals surface area contributed by atoms with Crippen molar-refractivity contribution in [1.82, 2.24) is 4.90 Å². The average Bonchev–Trinajstić information content (AvgIpc) is 2.44. The number of hydrogen-bond donors (Lipinski definition) is 1.